The van der Waals surface area contributed by atoms with Gasteiger partial charge in [0.05, 0.1) is 11.3 Å². The number of carbonyl (C=O) groups is 1. The van der Waals surface area contributed by atoms with Gasteiger partial charge in [-0.25, -0.2) is 9.37 Å². The lowest BCUT2D eigenvalue weighted by molar-refractivity contribution is 0.101. The van der Waals surface area contributed by atoms with E-state index in [0.29, 0.717) is 11.3 Å². The van der Waals surface area contributed by atoms with Crippen molar-refractivity contribution in [1.82, 2.24) is 9.38 Å². The highest BCUT2D eigenvalue weighted by Crippen LogP contribution is 2.18. The summed E-state index contributed by atoms with van der Waals surface area (Å²) in [5.41, 5.74) is 1.58. The molecule has 24 heavy (non-hydrogen) atoms. The molecule has 0 saturated heterocycles. The number of halogens is 1. The van der Waals surface area contributed by atoms with E-state index in [4.69, 9.17) is 4.74 Å². The second-order valence-corrected chi connectivity index (χ2v) is 5.43. The van der Waals surface area contributed by atoms with Gasteiger partial charge in [-0.15, -0.1) is 0 Å². The van der Waals surface area contributed by atoms with Crippen LogP contribution in [0.3, 0.4) is 0 Å². The molecule has 2 heterocycles. The van der Waals surface area contributed by atoms with Crippen molar-refractivity contribution in [2.24, 2.45) is 0 Å². The second-order valence-electron chi connectivity index (χ2n) is 5.43. The molecule has 0 unspecified atom stereocenters. The summed E-state index contributed by atoms with van der Waals surface area (Å²) in [6, 6.07) is 10.8. The Labute approximate surface area is 137 Å². The molecule has 122 valence electrons. The molecule has 0 saturated carbocycles. The molecule has 3 rings (SSSR count). The molecule has 0 spiro atoms. The van der Waals surface area contributed by atoms with Crippen molar-refractivity contribution in [2.45, 2.75) is 20.5 Å². The van der Waals surface area contributed by atoms with Crippen LogP contribution < -0.4 is 10.3 Å². The highest BCUT2D eigenvalue weighted by atomic mass is 19.1. The molecule has 5 nitrogen and oxygen atoms in total. The number of pyridine rings is 1. The summed E-state index contributed by atoms with van der Waals surface area (Å²) in [5.74, 6) is -0.718. The lowest BCUT2D eigenvalue weighted by Gasteiger charge is -2.09. The first-order chi connectivity index (χ1) is 11.5. The maximum absolute atomic E-state index is 13.8. The number of ether oxygens (including phenoxy) is 1. The third-order valence-corrected chi connectivity index (χ3v) is 3.64. The molecule has 0 amide bonds. The number of hydrogen-bond acceptors (Lipinski definition) is 4. The maximum atomic E-state index is 13.8. The number of carbonyl (C=O) groups excluding carboxylic acids is 1. The minimum Gasteiger partial charge on any atom is -0.487 e. The van der Waals surface area contributed by atoms with Crippen LogP contribution in [0.4, 0.5) is 4.39 Å². The summed E-state index contributed by atoms with van der Waals surface area (Å²) < 4.78 is 20.8. The molecule has 3 aromatic rings. The number of aryl methyl sites for hydroxylation is 1. The van der Waals surface area contributed by atoms with E-state index in [9.17, 15) is 14.0 Å². The fourth-order valence-corrected chi connectivity index (χ4v) is 2.47. The van der Waals surface area contributed by atoms with Crippen LogP contribution in [0.2, 0.25) is 0 Å². The standard InChI is InChI=1S/C18H15FN2O3/c1-11-4-3-5-17-20-13(8-18(23)21(11)17)10-24-14-6-7-15(12(2)22)16(19)9-14/h3-9H,10H2,1-2H3. The molecule has 0 N–H and O–H groups in total. The quantitative estimate of drug-likeness (QED) is 0.692. The molecule has 0 fully saturated rings. The van der Waals surface area contributed by atoms with E-state index in [1.807, 2.05) is 19.1 Å². The van der Waals surface area contributed by atoms with Crippen LogP contribution in [0.25, 0.3) is 5.65 Å². The molecular weight excluding hydrogens is 311 g/mol. The Bertz CT molecular complexity index is 995. The zero-order chi connectivity index (χ0) is 17.3. The summed E-state index contributed by atoms with van der Waals surface area (Å²) in [7, 11) is 0. The molecule has 0 atom stereocenters. The number of nitrogens with zero attached hydrogens (tertiary/aromatic N) is 2. The number of rotatable bonds is 4. The minimum atomic E-state index is -0.637. The van der Waals surface area contributed by atoms with Crippen LogP contribution in [0.1, 0.15) is 28.7 Å². The van der Waals surface area contributed by atoms with E-state index in [-0.39, 0.29) is 29.3 Å². The fraction of sp³-hybridized carbons (Fsp3) is 0.167. The zero-order valence-corrected chi connectivity index (χ0v) is 13.2. The van der Waals surface area contributed by atoms with Gasteiger partial charge < -0.3 is 4.74 Å². The van der Waals surface area contributed by atoms with Crippen molar-refractivity contribution in [3.63, 3.8) is 0 Å². The van der Waals surface area contributed by atoms with Crippen molar-refractivity contribution >= 4 is 11.4 Å². The second kappa shape index (κ2) is 6.23. The largest absolute Gasteiger partial charge is 0.487 e. The van der Waals surface area contributed by atoms with E-state index in [2.05, 4.69) is 4.98 Å². The Morgan fingerprint density at radius 2 is 2.04 bits per heavy atom. The SMILES string of the molecule is CC(=O)c1ccc(OCc2cc(=O)n3c(C)cccc3n2)cc1F. The van der Waals surface area contributed by atoms with Gasteiger partial charge in [0, 0.05) is 17.8 Å². The first kappa shape index (κ1) is 15.9. The van der Waals surface area contributed by atoms with Gasteiger partial charge >= 0.3 is 0 Å². The third kappa shape index (κ3) is 3.03. The van der Waals surface area contributed by atoms with Gasteiger partial charge in [-0.2, -0.15) is 0 Å². The Hall–Kier alpha value is -3.02. The normalized spacial score (nSPS) is 10.8. The molecule has 0 aliphatic rings. The predicted octanol–water partition coefficient (Wildman–Crippen LogP) is 2.92. The molecule has 6 heteroatoms. The van der Waals surface area contributed by atoms with Gasteiger partial charge in [0.1, 0.15) is 23.8 Å². The van der Waals surface area contributed by atoms with Crippen molar-refractivity contribution in [3.8, 4) is 5.75 Å². The van der Waals surface area contributed by atoms with Gasteiger partial charge in [0.15, 0.2) is 5.78 Å². The van der Waals surface area contributed by atoms with Crippen molar-refractivity contribution in [1.29, 1.82) is 0 Å². The Kier molecular flexibility index (Phi) is 4.12. The molecule has 0 bridgehead atoms. The number of Topliss-reactive ketones (excluding diaryl/α,β-unsaturated/α-hetero) is 1. The maximum Gasteiger partial charge on any atom is 0.258 e. The van der Waals surface area contributed by atoms with Crippen molar-refractivity contribution in [2.75, 3.05) is 0 Å². The Balaban J connectivity index is 1.85. The molecular formula is C18H15FN2O3. The first-order valence-corrected chi connectivity index (χ1v) is 7.37. The average Bonchev–Trinajstić information content (AvgIpc) is 2.52. The van der Waals surface area contributed by atoms with Crippen molar-refractivity contribution in [3.05, 3.63) is 75.6 Å². The third-order valence-electron chi connectivity index (χ3n) is 3.64. The summed E-state index contributed by atoms with van der Waals surface area (Å²) in [6.07, 6.45) is 0. The summed E-state index contributed by atoms with van der Waals surface area (Å²) in [4.78, 5) is 27.8. The fourth-order valence-electron chi connectivity index (χ4n) is 2.47. The van der Waals surface area contributed by atoms with E-state index in [0.717, 1.165) is 11.8 Å². The zero-order valence-electron chi connectivity index (χ0n) is 13.2. The van der Waals surface area contributed by atoms with Gasteiger partial charge in [0.2, 0.25) is 0 Å². The number of ketones is 1. The topological polar surface area (TPSA) is 60.7 Å². The summed E-state index contributed by atoms with van der Waals surface area (Å²) >= 11 is 0. The van der Waals surface area contributed by atoms with Gasteiger partial charge in [0.25, 0.3) is 5.56 Å². The first-order valence-electron chi connectivity index (χ1n) is 7.37. The number of hydrogen-bond donors (Lipinski definition) is 0. The van der Waals surface area contributed by atoms with Gasteiger partial charge in [-0.3, -0.25) is 14.0 Å². The number of aromatic nitrogens is 2. The lowest BCUT2D eigenvalue weighted by atomic mass is 10.1. The van der Waals surface area contributed by atoms with Crippen LogP contribution in [0, 0.1) is 12.7 Å². The van der Waals surface area contributed by atoms with Crippen LogP contribution in [-0.4, -0.2) is 15.2 Å². The predicted molar refractivity (Wildman–Crippen MR) is 86.9 cm³/mol. The van der Waals surface area contributed by atoms with Crippen LogP contribution >= 0.6 is 0 Å². The molecule has 1 aromatic carbocycles. The highest BCUT2D eigenvalue weighted by molar-refractivity contribution is 5.94. The van der Waals surface area contributed by atoms with E-state index in [1.54, 1.807) is 6.07 Å². The van der Waals surface area contributed by atoms with Crippen LogP contribution in [0.15, 0.2) is 47.3 Å². The van der Waals surface area contributed by atoms with Gasteiger partial charge in [-0.05, 0) is 38.1 Å². The van der Waals surface area contributed by atoms with Crippen LogP contribution in [-0.2, 0) is 6.61 Å². The monoisotopic (exact) mass is 326 g/mol. The average molecular weight is 326 g/mol. The van der Waals surface area contributed by atoms with Crippen molar-refractivity contribution < 1.29 is 13.9 Å². The number of benzene rings is 1. The lowest BCUT2D eigenvalue weighted by Crippen LogP contribution is -2.18. The molecule has 0 aliphatic heterocycles. The molecule has 0 radical (unpaired) electrons. The smallest absolute Gasteiger partial charge is 0.258 e. The summed E-state index contributed by atoms with van der Waals surface area (Å²) in [5, 5.41) is 0. The molecule has 0 aliphatic carbocycles. The van der Waals surface area contributed by atoms with Gasteiger partial charge in [-0.1, -0.05) is 6.07 Å². The number of fused-ring (bicyclic) bond motifs is 1. The minimum absolute atomic E-state index is 0.0138. The molecule has 2 aromatic heterocycles. The Morgan fingerprint density at radius 3 is 2.75 bits per heavy atom. The van der Waals surface area contributed by atoms with E-state index < -0.39 is 5.82 Å². The van der Waals surface area contributed by atoms with E-state index >= 15 is 0 Å². The van der Waals surface area contributed by atoms with Crippen LogP contribution in [0.5, 0.6) is 5.75 Å². The summed E-state index contributed by atoms with van der Waals surface area (Å²) in [6.45, 7) is 3.15. The van der Waals surface area contributed by atoms with E-state index in [1.165, 1.54) is 29.5 Å². The Morgan fingerprint density at radius 1 is 1.25 bits per heavy atom. The highest BCUT2D eigenvalue weighted by Gasteiger charge is 2.09.